The van der Waals surface area contributed by atoms with Gasteiger partial charge < -0.3 is 16.0 Å². The summed E-state index contributed by atoms with van der Waals surface area (Å²) in [5.74, 6) is 0.386. The number of aromatic amines is 1. The summed E-state index contributed by atoms with van der Waals surface area (Å²) >= 11 is 0. The van der Waals surface area contributed by atoms with Gasteiger partial charge in [0.25, 0.3) is 0 Å². The molecule has 1 aromatic heterocycles. The number of anilines is 2. The lowest BCUT2D eigenvalue weighted by molar-refractivity contribution is 0.628. The first-order valence-corrected chi connectivity index (χ1v) is 5.29. The summed E-state index contributed by atoms with van der Waals surface area (Å²) in [5, 5.41) is 3.16. The minimum absolute atomic E-state index is 0.243. The van der Waals surface area contributed by atoms with Crippen molar-refractivity contribution in [3.8, 4) is 0 Å². The van der Waals surface area contributed by atoms with Crippen LogP contribution in [0.1, 0.15) is 12.5 Å². The van der Waals surface area contributed by atoms with E-state index in [-0.39, 0.29) is 5.82 Å². The Balaban J connectivity index is 2.11. The van der Waals surface area contributed by atoms with Crippen LogP contribution in [-0.4, -0.2) is 4.98 Å². The van der Waals surface area contributed by atoms with E-state index in [2.05, 4.69) is 10.3 Å². The Morgan fingerprint density at radius 3 is 2.59 bits per heavy atom. The van der Waals surface area contributed by atoms with E-state index in [9.17, 15) is 4.39 Å². The van der Waals surface area contributed by atoms with E-state index in [1.807, 2.05) is 19.1 Å². The third-order valence-electron chi connectivity index (χ3n) is 2.37. The summed E-state index contributed by atoms with van der Waals surface area (Å²) in [7, 11) is 0. The second kappa shape index (κ2) is 4.74. The van der Waals surface area contributed by atoms with Crippen molar-refractivity contribution >= 4 is 17.6 Å². The number of nitrogens with two attached hydrogens (primary N) is 1. The van der Waals surface area contributed by atoms with Gasteiger partial charge in [-0.2, -0.15) is 0 Å². The number of H-pyrrole nitrogens is 1. The van der Waals surface area contributed by atoms with Crippen LogP contribution in [-0.2, 0) is 0 Å². The van der Waals surface area contributed by atoms with Crippen LogP contribution in [0.5, 0.6) is 0 Å². The van der Waals surface area contributed by atoms with Crippen LogP contribution in [0, 0.1) is 5.82 Å². The molecule has 3 nitrogen and oxygen atoms in total. The predicted octanol–water partition coefficient (Wildman–Crippen LogP) is 3.21. The smallest absolute Gasteiger partial charge is 0.123 e. The molecular weight excluding hydrogens is 217 g/mol. The van der Waals surface area contributed by atoms with Gasteiger partial charge in [-0.1, -0.05) is 0 Å². The monoisotopic (exact) mass is 231 g/mol. The molecule has 4 heteroatoms. The van der Waals surface area contributed by atoms with Gasteiger partial charge >= 0.3 is 0 Å². The molecule has 2 rings (SSSR count). The molecule has 0 bridgehead atoms. The molecule has 0 aliphatic heterocycles. The third kappa shape index (κ3) is 2.87. The number of benzene rings is 1. The van der Waals surface area contributed by atoms with Crippen molar-refractivity contribution in [2.75, 3.05) is 11.1 Å². The molecule has 88 valence electrons. The summed E-state index contributed by atoms with van der Waals surface area (Å²) in [6.07, 6.45) is 3.71. The van der Waals surface area contributed by atoms with E-state index < -0.39 is 0 Å². The number of rotatable bonds is 3. The second-order valence-electron chi connectivity index (χ2n) is 3.81. The summed E-state index contributed by atoms with van der Waals surface area (Å²) in [6.45, 7) is 1.93. The van der Waals surface area contributed by atoms with Crippen LogP contribution >= 0.6 is 0 Å². The largest absolute Gasteiger partial charge is 0.385 e. The Hall–Kier alpha value is -2.23. The summed E-state index contributed by atoms with van der Waals surface area (Å²) in [6, 6.07) is 8.10. The lowest BCUT2D eigenvalue weighted by Crippen LogP contribution is -1.96. The lowest BCUT2D eigenvalue weighted by Gasteiger charge is -2.06. The Morgan fingerprint density at radius 2 is 2.00 bits per heavy atom. The van der Waals surface area contributed by atoms with E-state index >= 15 is 0 Å². The molecule has 17 heavy (non-hydrogen) atoms. The fourth-order valence-corrected chi connectivity index (χ4v) is 1.55. The SMILES string of the molecule is C/C(=C\c1cc[nH]c1N)Nc1ccc(F)cc1. The van der Waals surface area contributed by atoms with Gasteiger partial charge in [-0.3, -0.25) is 0 Å². The Bertz CT molecular complexity index is 526. The maximum atomic E-state index is 12.7. The van der Waals surface area contributed by atoms with Crippen molar-refractivity contribution in [2.24, 2.45) is 0 Å². The van der Waals surface area contributed by atoms with E-state index in [4.69, 9.17) is 5.73 Å². The first-order valence-electron chi connectivity index (χ1n) is 5.29. The Morgan fingerprint density at radius 1 is 1.29 bits per heavy atom. The normalized spacial score (nSPS) is 11.5. The summed E-state index contributed by atoms with van der Waals surface area (Å²) < 4.78 is 12.7. The van der Waals surface area contributed by atoms with Crippen molar-refractivity contribution in [3.63, 3.8) is 0 Å². The Labute approximate surface area is 99.2 Å². The van der Waals surface area contributed by atoms with E-state index in [1.54, 1.807) is 18.3 Å². The molecule has 0 amide bonds. The van der Waals surface area contributed by atoms with Gasteiger partial charge in [0.05, 0.1) is 0 Å². The van der Waals surface area contributed by atoms with E-state index in [0.29, 0.717) is 5.82 Å². The predicted molar refractivity (Wildman–Crippen MR) is 68.9 cm³/mol. The number of allylic oxidation sites excluding steroid dienone is 1. The average molecular weight is 231 g/mol. The number of aromatic nitrogens is 1. The first-order chi connectivity index (χ1) is 8.15. The maximum absolute atomic E-state index is 12.7. The molecule has 0 fully saturated rings. The molecule has 1 heterocycles. The second-order valence-corrected chi connectivity index (χ2v) is 3.81. The van der Waals surface area contributed by atoms with E-state index in [0.717, 1.165) is 16.9 Å². The zero-order chi connectivity index (χ0) is 12.3. The van der Waals surface area contributed by atoms with Crippen LogP contribution in [0.2, 0.25) is 0 Å². The molecule has 0 unspecified atom stereocenters. The topological polar surface area (TPSA) is 53.8 Å². The molecule has 2 aromatic rings. The quantitative estimate of drug-likeness (QED) is 0.759. The Kier molecular flexibility index (Phi) is 3.14. The van der Waals surface area contributed by atoms with Gasteiger partial charge in [0, 0.05) is 23.1 Å². The molecule has 1 aromatic carbocycles. The standard InChI is InChI=1S/C13H14FN3/c1-9(8-10-6-7-16-13(10)15)17-12-4-2-11(14)3-5-12/h2-8,16-17H,15H2,1H3/b9-8+. The number of hydrogen-bond acceptors (Lipinski definition) is 2. The highest BCUT2D eigenvalue weighted by Crippen LogP contribution is 2.16. The zero-order valence-electron chi connectivity index (χ0n) is 9.50. The fourth-order valence-electron chi connectivity index (χ4n) is 1.55. The lowest BCUT2D eigenvalue weighted by atomic mass is 10.2. The molecule has 0 spiro atoms. The molecule has 0 atom stereocenters. The molecule has 0 aliphatic carbocycles. The molecule has 0 radical (unpaired) electrons. The van der Waals surface area contributed by atoms with Gasteiger partial charge in [-0.25, -0.2) is 4.39 Å². The van der Waals surface area contributed by atoms with Gasteiger partial charge in [0.15, 0.2) is 0 Å². The highest BCUT2D eigenvalue weighted by atomic mass is 19.1. The highest BCUT2D eigenvalue weighted by molar-refractivity contribution is 5.66. The van der Waals surface area contributed by atoms with Crippen molar-refractivity contribution in [2.45, 2.75) is 6.92 Å². The molecule has 4 N–H and O–H groups in total. The van der Waals surface area contributed by atoms with Crippen molar-refractivity contribution in [1.82, 2.24) is 4.98 Å². The summed E-state index contributed by atoms with van der Waals surface area (Å²) in [4.78, 5) is 2.90. The van der Waals surface area contributed by atoms with Crippen LogP contribution in [0.15, 0.2) is 42.2 Å². The third-order valence-corrected chi connectivity index (χ3v) is 2.37. The van der Waals surface area contributed by atoms with Crippen LogP contribution in [0.3, 0.4) is 0 Å². The van der Waals surface area contributed by atoms with Gasteiger partial charge in [-0.05, 0) is 43.3 Å². The van der Waals surface area contributed by atoms with Gasteiger partial charge in [0.2, 0.25) is 0 Å². The highest BCUT2D eigenvalue weighted by Gasteiger charge is 1.98. The van der Waals surface area contributed by atoms with Crippen molar-refractivity contribution < 1.29 is 4.39 Å². The van der Waals surface area contributed by atoms with Gasteiger partial charge in [-0.15, -0.1) is 0 Å². The molecule has 0 saturated heterocycles. The van der Waals surface area contributed by atoms with Crippen LogP contribution < -0.4 is 11.1 Å². The minimum atomic E-state index is -0.243. The van der Waals surface area contributed by atoms with Crippen LogP contribution in [0.4, 0.5) is 15.9 Å². The van der Waals surface area contributed by atoms with Gasteiger partial charge in [0.1, 0.15) is 11.6 Å². The van der Waals surface area contributed by atoms with Crippen molar-refractivity contribution in [3.05, 3.63) is 53.6 Å². The number of nitrogen functional groups attached to an aromatic ring is 1. The average Bonchev–Trinajstić information content (AvgIpc) is 2.68. The molecule has 0 saturated carbocycles. The molecular formula is C13H14FN3. The van der Waals surface area contributed by atoms with Crippen molar-refractivity contribution in [1.29, 1.82) is 0 Å². The molecule has 0 aliphatic rings. The minimum Gasteiger partial charge on any atom is -0.385 e. The number of nitrogens with one attached hydrogen (secondary N) is 2. The first kappa shape index (κ1) is 11.3. The number of hydrogen-bond donors (Lipinski definition) is 3. The zero-order valence-corrected chi connectivity index (χ0v) is 9.50. The van der Waals surface area contributed by atoms with E-state index in [1.165, 1.54) is 12.1 Å². The number of halogens is 1. The fraction of sp³-hybridized carbons (Fsp3) is 0.0769. The van der Waals surface area contributed by atoms with Crippen LogP contribution in [0.25, 0.3) is 6.08 Å². The maximum Gasteiger partial charge on any atom is 0.123 e. The summed E-state index contributed by atoms with van der Waals surface area (Å²) in [5.41, 5.74) is 8.43.